The van der Waals surface area contributed by atoms with Crippen LogP contribution in [0.2, 0.25) is 0 Å². The molecule has 0 amide bonds. The van der Waals surface area contributed by atoms with Crippen molar-refractivity contribution >= 4 is 0 Å². The molecular formula is C21H22N4O. The third kappa shape index (κ3) is 5.20. The highest BCUT2D eigenvalue weighted by atomic mass is 16.5. The molecule has 0 aliphatic rings. The van der Waals surface area contributed by atoms with Crippen LogP contribution in [0.25, 0.3) is 0 Å². The summed E-state index contributed by atoms with van der Waals surface area (Å²) in [5.74, 6) is 0.825. The summed E-state index contributed by atoms with van der Waals surface area (Å²) in [6, 6.07) is 19.9. The van der Waals surface area contributed by atoms with Crippen LogP contribution < -0.4 is 10.1 Å². The molecule has 0 radical (unpaired) electrons. The lowest BCUT2D eigenvalue weighted by atomic mass is 10.1. The minimum Gasteiger partial charge on any atom is -0.489 e. The van der Waals surface area contributed by atoms with Gasteiger partial charge in [0.2, 0.25) is 0 Å². The fourth-order valence-corrected chi connectivity index (χ4v) is 2.69. The zero-order chi connectivity index (χ0) is 18.2. The molecule has 1 aromatic heterocycles. The van der Waals surface area contributed by atoms with E-state index < -0.39 is 0 Å². The van der Waals surface area contributed by atoms with Crippen LogP contribution in [0.15, 0.2) is 67.0 Å². The summed E-state index contributed by atoms with van der Waals surface area (Å²) >= 11 is 0. The van der Waals surface area contributed by atoms with Crippen LogP contribution in [0.5, 0.6) is 5.75 Å². The number of rotatable bonds is 8. The van der Waals surface area contributed by atoms with E-state index >= 15 is 0 Å². The Morgan fingerprint density at radius 1 is 1.15 bits per heavy atom. The lowest BCUT2D eigenvalue weighted by molar-refractivity contribution is 0.305. The summed E-state index contributed by atoms with van der Waals surface area (Å²) in [4.78, 5) is 0. The third-order valence-electron chi connectivity index (χ3n) is 4.03. The van der Waals surface area contributed by atoms with Crippen molar-refractivity contribution in [2.24, 2.45) is 0 Å². The maximum atomic E-state index is 8.97. The van der Waals surface area contributed by atoms with Gasteiger partial charge in [-0.1, -0.05) is 24.3 Å². The Hall–Kier alpha value is -3.10. The second kappa shape index (κ2) is 8.84. The van der Waals surface area contributed by atoms with Gasteiger partial charge in [-0.3, -0.25) is 4.68 Å². The number of hydrogen-bond donors (Lipinski definition) is 1. The van der Waals surface area contributed by atoms with Crippen LogP contribution in [-0.2, 0) is 19.7 Å². The van der Waals surface area contributed by atoms with Gasteiger partial charge in [-0.15, -0.1) is 0 Å². The van der Waals surface area contributed by atoms with Crippen molar-refractivity contribution in [2.75, 3.05) is 0 Å². The second-order valence-electron chi connectivity index (χ2n) is 6.26. The fourth-order valence-electron chi connectivity index (χ4n) is 2.69. The second-order valence-corrected chi connectivity index (χ2v) is 6.26. The first-order chi connectivity index (χ1) is 12.7. The number of nitrogens with zero attached hydrogens (tertiary/aromatic N) is 3. The molecule has 0 bridgehead atoms. The Balaban J connectivity index is 1.52. The van der Waals surface area contributed by atoms with Gasteiger partial charge in [-0.25, -0.2) is 0 Å². The number of nitriles is 1. The van der Waals surface area contributed by atoms with E-state index in [0.717, 1.165) is 24.4 Å². The molecule has 0 saturated carbocycles. The lowest BCUT2D eigenvalue weighted by Gasteiger charge is -2.14. The standard InChI is InChI=1S/C21H22N4O/c1-17(15-25-10-4-9-24-25)23-14-19-6-3-8-21(12-19)26-16-20-7-2-5-18(11-20)13-22/h2-12,17,23H,14-16H2,1H3/t17-/m0/s1. The van der Waals surface area contributed by atoms with Crippen LogP contribution >= 0.6 is 0 Å². The van der Waals surface area contributed by atoms with Gasteiger partial charge in [0.15, 0.2) is 0 Å². The molecule has 3 aromatic rings. The van der Waals surface area contributed by atoms with Crippen molar-refractivity contribution in [2.45, 2.75) is 32.7 Å². The first-order valence-electron chi connectivity index (χ1n) is 8.64. The number of benzene rings is 2. The van der Waals surface area contributed by atoms with Crippen molar-refractivity contribution in [3.63, 3.8) is 0 Å². The topological polar surface area (TPSA) is 62.9 Å². The largest absolute Gasteiger partial charge is 0.489 e. The minimum atomic E-state index is 0.313. The van der Waals surface area contributed by atoms with Crippen LogP contribution in [0.1, 0.15) is 23.6 Å². The molecule has 26 heavy (non-hydrogen) atoms. The van der Waals surface area contributed by atoms with Crippen LogP contribution in [-0.4, -0.2) is 15.8 Å². The van der Waals surface area contributed by atoms with Crippen molar-refractivity contribution in [1.82, 2.24) is 15.1 Å². The Morgan fingerprint density at radius 2 is 2.00 bits per heavy atom. The molecule has 1 heterocycles. The molecule has 0 aliphatic heterocycles. The van der Waals surface area contributed by atoms with E-state index in [1.54, 1.807) is 12.3 Å². The highest BCUT2D eigenvalue weighted by molar-refractivity contribution is 5.33. The maximum Gasteiger partial charge on any atom is 0.120 e. The van der Waals surface area contributed by atoms with Crippen molar-refractivity contribution in [3.8, 4) is 11.8 Å². The fraction of sp³-hybridized carbons (Fsp3) is 0.238. The van der Waals surface area contributed by atoms with E-state index in [1.807, 2.05) is 53.3 Å². The molecule has 1 atom stereocenters. The van der Waals surface area contributed by atoms with Crippen LogP contribution in [0.4, 0.5) is 0 Å². The SMILES string of the molecule is C[C@@H](Cn1cccn1)NCc1cccc(OCc2cccc(C#N)c2)c1. The summed E-state index contributed by atoms with van der Waals surface area (Å²) in [6.45, 7) is 4.19. The zero-order valence-corrected chi connectivity index (χ0v) is 14.8. The smallest absolute Gasteiger partial charge is 0.120 e. The normalized spacial score (nSPS) is 11.7. The summed E-state index contributed by atoms with van der Waals surface area (Å²) in [5.41, 5.74) is 2.80. The van der Waals surface area contributed by atoms with E-state index in [9.17, 15) is 0 Å². The summed E-state index contributed by atoms with van der Waals surface area (Å²) in [5, 5.41) is 16.7. The van der Waals surface area contributed by atoms with E-state index in [4.69, 9.17) is 10.00 Å². The summed E-state index contributed by atoms with van der Waals surface area (Å²) < 4.78 is 7.80. The summed E-state index contributed by atoms with van der Waals surface area (Å²) in [6.07, 6.45) is 3.76. The Morgan fingerprint density at radius 3 is 2.81 bits per heavy atom. The molecule has 5 nitrogen and oxygen atoms in total. The van der Waals surface area contributed by atoms with Gasteiger partial charge in [0.25, 0.3) is 0 Å². The van der Waals surface area contributed by atoms with Crippen molar-refractivity contribution < 1.29 is 4.74 Å². The van der Waals surface area contributed by atoms with Crippen molar-refractivity contribution in [1.29, 1.82) is 5.26 Å². The monoisotopic (exact) mass is 346 g/mol. The van der Waals surface area contributed by atoms with E-state index in [2.05, 4.69) is 29.5 Å². The Labute approximate surface area is 153 Å². The summed E-state index contributed by atoms with van der Waals surface area (Å²) in [7, 11) is 0. The molecular weight excluding hydrogens is 324 g/mol. The molecule has 0 aliphatic carbocycles. The number of ether oxygens (including phenoxy) is 1. The van der Waals surface area contributed by atoms with Crippen LogP contribution in [0, 0.1) is 11.3 Å². The number of aromatic nitrogens is 2. The number of nitrogens with one attached hydrogen (secondary N) is 1. The van der Waals surface area contributed by atoms with E-state index in [0.29, 0.717) is 18.2 Å². The van der Waals surface area contributed by atoms with Gasteiger partial charge >= 0.3 is 0 Å². The van der Waals surface area contributed by atoms with Gasteiger partial charge in [-0.2, -0.15) is 10.4 Å². The highest BCUT2D eigenvalue weighted by Crippen LogP contribution is 2.16. The first kappa shape index (κ1) is 17.7. The lowest BCUT2D eigenvalue weighted by Crippen LogP contribution is -2.30. The van der Waals surface area contributed by atoms with Gasteiger partial charge < -0.3 is 10.1 Å². The molecule has 2 aromatic carbocycles. The average Bonchev–Trinajstić information content (AvgIpc) is 3.18. The predicted octanol–water partition coefficient (Wildman–Crippen LogP) is 3.51. The van der Waals surface area contributed by atoms with Gasteiger partial charge in [0, 0.05) is 25.0 Å². The molecule has 0 unspecified atom stereocenters. The molecule has 0 fully saturated rings. The van der Waals surface area contributed by atoms with E-state index in [-0.39, 0.29) is 0 Å². The molecule has 1 N–H and O–H groups in total. The quantitative estimate of drug-likeness (QED) is 0.678. The highest BCUT2D eigenvalue weighted by Gasteiger charge is 2.04. The molecule has 0 spiro atoms. The van der Waals surface area contributed by atoms with Gasteiger partial charge in [0.05, 0.1) is 18.2 Å². The predicted molar refractivity (Wildman–Crippen MR) is 100 cm³/mol. The third-order valence-corrected chi connectivity index (χ3v) is 4.03. The van der Waals surface area contributed by atoms with Gasteiger partial charge in [-0.05, 0) is 48.4 Å². The molecule has 132 valence electrons. The first-order valence-corrected chi connectivity index (χ1v) is 8.64. The average molecular weight is 346 g/mol. The van der Waals surface area contributed by atoms with E-state index in [1.165, 1.54) is 5.56 Å². The Kier molecular flexibility index (Phi) is 6.02. The molecule has 3 rings (SSSR count). The molecule has 0 saturated heterocycles. The molecule has 5 heteroatoms. The Bertz CT molecular complexity index is 868. The minimum absolute atomic E-state index is 0.313. The van der Waals surface area contributed by atoms with Crippen molar-refractivity contribution in [3.05, 3.63) is 83.7 Å². The maximum absolute atomic E-state index is 8.97. The van der Waals surface area contributed by atoms with Gasteiger partial charge in [0.1, 0.15) is 12.4 Å². The number of hydrogen-bond acceptors (Lipinski definition) is 4. The van der Waals surface area contributed by atoms with Crippen LogP contribution in [0.3, 0.4) is 0 Å². The zero-order valence-electron chi connectivity index (χ0n) is 14.8.